The Kier molecular flexibility index (Phi) is 7.24. The molecule has 3 aromatic rings. The molecule has 1 aliphatic rings. The Bertz CT molecular complexity index is 1410. The summed E-state index contributed by atoms with van der Waals surface area (Å²) in [5.41, 5.74) is 1.70. The van der Waals surface area contributed by atoms with Gasteiger partial charge in [-0.2, -0.15) is 0 Å². The number of ether oxygens (including phenoxy) is 7. The third-order valence-electron chi connectivity index (χ3n) is 5.88. The first-order valence-corrected chi connectivity index (χ1v) is 11.2. The average molecular weight is 507 g/mol. The first-order chi connectivity index (χ1) is 17.8. The van der Waals surface area contributed by atoms with E-state index in [1.165, 1.54) is 41.6 Å². The van der Waals surface area contributed by atoms with E-state index in [9.17, 15) is 9.59 Å². The minimum atomic E-state index is -0.598. The molecule has 0 saturated carbocycles. The predicted molar refractivity (Wildman–Crippen MR) is 135 cm³/mol. The van der Waals surface area contributed by atoms with Crippen molar-refractivity contribution < 1.29 is 42.7 Å². The quantitative estimate of drug-likeness (QED) is 0.241. The minimum Gasteiger partial charge on any atom is -0.496 e. The van der Waals surface area contributed by atoms with E-state index in [1.807, 2.05) is 0 Å². The average Bonchev–Trinajstić information content (AvgIpc) is 3.24. The molecule has 37 heavy (non-hydrogen) atoms. The van der Waals surface area contributed by atoms with E-state index in [-0.39, 0.29) is 22.9 Å². The number of allylic oxidation sites excluding steroid dienone is 1. The maximum absolute atomic E-state index is 13.1. The molecule has 0 aliphatic carbocycles. The van der Waals surface area contributed by atoms with E-state index in [2.05, 4.69) is 0 Å². The van der Waals surface area contributed by atoms with Gasteiger partial charge in [-0.05, 0) is 49.4 Å². The van der Waals surface area contributed by atoms with Gasteiger partial charge < -0.3 is 33.2 Å². The van der Waals surface area contributed by atoms with Crippen LogP contribution in [0.2, 0.25) is 0 Å². The van der Waals surface area contributed by atoms with E-state index < -0.39 is 5.97 Å². The Morgan fingerprint density at radius 1 is 0.730 bits per heavy atom. The first-order valence-electron chi connectivity index (χ1n) is 11.2. The van der Waals surface area contributed by atoms with Crippen LogP contribution in [0.1, 0.15) is 31.8 Å². The molecule has 4 rings (SSSR count). The lowest BCUT2D eigenvalue weighted by Gasteiger charge is -2.13. The number of hydrogen-bond acceptors (Lipinski definition) is 9. The highest BCUT2D eigenvalue weighted by molar-refractivity contribution is 6.15. The van der Waals surface area contributed by atoms with E-state index in [0.717, 1.165) is 0 Å². The monoisotopic (exact) mass is 506 g/mol. The molecule has 192 valence electrons. The molecule has 1 heterocycles. The Hall–Kier alpha value is -4.66. The zero-order chi connectivity index (χ0) is 26.7. The lowest BCUT2D eigenvalue weighted by atomic mass is 10.1. The Balaban J connectivity index is 1.63. The maximum Gasteiger partial charge on any atom is 0.343 e. The summed E-state index contributed by atoms with van der Waals surface area (Å²) in [4.78, 5) is 25.9. The molecule has 0 unspecified atom stereocenters. The number of hydrogen-bond donors (Lipinski definition) is 0. The van der Waals surface area contributed by atoms with Gasteiger partial charge in [-0.3, -0.25) is 4.79 Å². The lowest BCUT2D eigenvalue weighted by Crippen LogP contribution is -2.10. The molecule has 0 fully saturated rings. The standard InChI is InChI=1S/C28H26O9/c1-15-19(37-28(30)16-7-9-20(31-2)22(11-16)33-4)10-8-18-26(29)25(36-27(15)18)13-17-12-23(34-5)24(35-6)14-21(17)32-3/h7-14H,1-6H3/b25-13-. The molecule has 9 nitrogen and oxygen atoms in total. The van der Waals surface area contributed by atoms with Crippen molar-refractivity contribution in [2.24, 2.45) is 0 Å². The first kappa shape index (κ1) is 25.4. The van der Waals surface area contributed by atoms with Crippen LogP contribution in [-0.2, 0) is 0 Å². The number of carbonyl (C=O) groups is 2. The Morgan fingerprint density at radius 2 is 1.32 bits per heavy atom. The highest BCUT2D eigenvalue weighted by atomic mass is 16.5. The number of Topliss-reactive ketones (excluding diaryl/α,β-unsaturated/α-hetero) is 1. The number of esters is 1. The van der Waals surface area contributed by atoms with Crippen LogP contribution in [-0.4, -0.2) is 47.3 Å². The van der Waals surface area contributed by atoms with E-state index >= 15 is 0 Å². The van der Waals surface area contributed by atoms with Crippen molar-refractivity contribution in [3.8, 4) is 40.2 Å². The Morgan fingerprint density at radius 3 is 1.97 bits per heavy atom. The van der Waals surface area contributed by atoms with Crippen LogP contribution in [0.15, 0.2) is 48.2 Å². The summed E-state index contributed by atoms with van der Waals surface area (Å²) in [6, 6.07) is 11.2. The molecule has 0 saturated heterocycles. The summed E-state index contributed by atoms with van der Waals surface area (Å²) >= 11 is 0. The fourth-order valence-electron chi connectivity index (χ4n) is 3.91. The van der Waals surface area contributed by atoms with Crippen molar-refractivity contribution in [2.75, 3.05) is 35.5 Å². The molecule has 0 spiro atoms. The molecular formula is C28H26O9. The molecule has 0 bridgehead atoms. The number of ketones is 1. The molecule has 0 amide bonds. The van der Waals surface area contributed by atoms with Gasteiger partial charge in [0, 0.05) is 17.2 Å². The van der Waals surface area contributed by atoms with Crippen molar-refractivity contribution in [2.45, 2.75) is 6.92 Å². The summed E-state index contributed by atoms with van der Waals surface area (Å²) < 4.78 is 38.1. The molecular weight excluding hydrogens is 480 g/mol. The van der Waals surface area contributed by atoms with E-state index in [4.69, 9.17) is 33.2 Å². The zero-order valence-corrected chi connectivity index (χ0v) is 21.3. The second-order valence-corrected chi connectivity index (χ2v) is 7.91. The summed E-state index contributed by atoms with van der Waals surface area (Å²) in [7, 11) is 7.54. The van der Waals surface area contributed by atoms with Crippen LogP contribution in [0.3, 0.4) is 0 Å². The molecule has 0 aromatic heterocycles. The normalized spacial score (nSPS) is 13.0. The van der Waals surface area contributed by atoms with E-state index in [0.29, 0.717) is 51.2 Å². The number of methoxy groups -OCH3 is 5. The van der Waals surface area contributed by atoms with Crippen molar-refractivity contribution in [1.82, 2.24) is 0 Å². The number of rotatable bonds is 8. The predicted octanol–water partition coefficient (Wildman–Crippen LogP) is 4.87. The van der Waals surface area contributed by atoms with E-state index in [1.54, 1.807) is 49.4 Å². The second-order valence-electron chi connectivity index (χ2n) is 7.91. The number of carbonyl (C=O) groups excluding carboxylic acids is 2. The van der Waals surface area contributed by atoms with Gasteiger partial charge in [0.1, 0.15) is 17.2 Å². The van der Waals surface area contributed by atoms with Crippen LogP contribution in [0, 0.1) is 6.92 Å². The zero-order valence-electron chi connectivity index (χ0n) is 21.3. The second kappa shape index (κ2) is 10.5. The van der Waals surface area contributed by atoms with Gasteiger partial charge in [0.25, 0.3) is 0 Å². The number of benzene rings is 3. The van der Waals surface area contributed by atoms with Gasteiger partial charge in [-0.15, -0.1) is 0 Å². The molecule has 3 aromatic carbocycles. The van der Waals surface area contributed by atoms with Crippen molar-refractivity contribution >= 4 is 17.8 Å². The summed E-state index contributed by atoms with van der Waals surface area (Å²) in [5, 5.41) is 0. The summed E-state index contributed by atoms with van der Waals surface area (Å²) in [5.74, 6) is 2.07. The Labute approximate surface area is 214 Å². The SMILES string of the molecule is COc1cc(OC)c(OC)cc1/C=C1\Oc2c(ccc(OC(=O)c3ccc(OC)c(OC)c3)c2C)C1=O. The molecule has 9 heteroatoms. The largest absolute Gasteiger partial charge is 0.496 e. The topological polar surface area (TPSA) is 98.8 Å². The van der Waals surface area contributed by atoms with Gasteiger partial charge in [0.15, 0.2) is 28.8 Å². The summed E-state index contributed by atoms with van der Waals surface area (Å²) in [6.45, 7) is 1.71. The maximum atomic E-state index is 13.1. The van der Waals surface area contributed by atoms with Crippen LogP contribution in [0.5, 0.6) is 40.2 Å². The van der Waals surface area contributed by atoms with Crippen molar-refractivity contribution in [1.29, 1.82) is 0 Å². The van der Waals surface area contributed by atoms with Crippen molar-refractivity contribution in [3.05, 3.63) is 70.5 Å². The van der Waals surface area contributed by atoms with Crippen LogP contribution >= 0.6 is 0 Å². The molecule has 0 atom stereocenters. The third kappa shape index (κ3) is 4.75. The van der Waals surface area contributed by atoms with Crippen LogP contribution in [0.25, 0.3) is 6.08 Å². The lowest BCUT2D eigenvalue weighted by molar-refractivity contribution is 0.0732. The van der Waals surface area contributed by atoms with Gasteiger partial charge in [0.05, 0.1) is 46.7 Å². The van der Waals surface area contributed by atoms with Gasteiger partial charge in [0.2, 0.25) is 5.78 Å². The summed E-state index contributed by atoms with van der Waals surface area (Å²) in [6.07, 6.45) is 1.57. The van der Waals surface area contributed by atoms with Gasteiger partial charge in [-0.1, -0.05) is 0 Å². The van der Waals surface area contributed by atoms with Crippen LogP contribution in [0.4, 0.5) is 0 Å². The molecule has 0 radical (unpaired) electrons. The highest BCUT2D eigenvalue weighted by Crippen LogP contribution is 2.41. The fourth-order valence-corrected chi connectivity index (χ4v) is 3.91. The van der Waals surface area contributed by atoms with Crippen molar-refractivity contribution in [3.63, 3.8) is 0 Å². The highest BCUT2D eigenvalue weighted by Gasteiger charge is 2.31. The van der Waals surface area contributed by atoms with Gasteiger partial charge >= 0.3 is 5.97 Å². The molecule has 0 N–H and O–H groups in total. The third-order valence-corrected chi connectivity index (χ3v) is 5.88. The smallest absolute Gasteiger partial charge is 0.343 e. The minimum absolute atomic E-state index is 0.0898. The molecule has 1 aliphatic heterocycles. The van der Waals surface area contributed by atoms with Crippen LogP contribution < -0.4 is 33.2 Å². The fraction of sp³-hybridized carbons (Fsp3) is 0.214. The van der Waals surface area contributed by atoms with Gasteiger partial charge in [-0.25, -0.2) is 4.79 Å². The number of fused-ring (bicyclic) bond motifs is 1.